The van der Waals surface area contributed by atoms with E-state index in [-0.39, 0.29) is 16.7 Å². The van der Waals surface area contributed by atoms with Crippen LogP contribution in [0, 0.1) is 17.0 Å². The van der Waals surface area contributed by atoms with E-state index in [1.165, 1.54) is 6.07 Å². The Balaban J connectivity index is 2.28. The van der Waals surface area contributed by atoms with Gasteiger partial charge in [0, 0.05) is 17.4 Å². The molecule has 0 spiro atoms. The Morgan fingerprint density at radius 3 is 1.96 bits per heavy atom. The molecule has 0 N–H and O–H groups in total. The molecule has 3 rings (SSSR count). The number of anilines is 3. The number of rotatable bonds is 4. The number of aromatic nitrogens is 1. The second-order valence-corrected chi connectivity index (χ2v) is 5.56. The third-order valence-corrected chi connectivity index (χ3v) is 3.93. The molecule has 120 valence electrons. The van der Waals surface area contributed by atoms with Crippen LogP contribution in [-0.2, 0) is 0 Å². The fraction of sp³-hybridized carbons (Fsp3) is 0.0556. The fourth-order valence-corrected chi connectivity index (χ4v) is 2.55. The van der Waals surface area contributed by atoms with Crippen molar-refractivity contribution < 1.29 is 4.92 Å². The first-order chi connectivity index (χ1) is 11.6. The van der Waals surface area contributed by atoms with Crippen LogP contribution in [0.4, 0.5) is 22.9 Å². The van der Waals surface area contributed by atoms with Crippen LogP contribution in [0.5, 0.6) is 0 Å². The highest BCUT2D eigenvalue weighted by Crippen LogP contribution is 2.39. The highest BCUT2D eigenvalue weighted by atomic mass is 35.5. The van der Waals surface area contributed by atoms with E-state index in [1.54, 1.807) is 11.8 Å². The van der Waals surface area contributed by atoms with Gasteiger partial charge in [0.15, 0.2) is 0 Å². The molecular weight excluding hydrogens is 326 g/mol. The van der Waals surface area contributed by atoms with Gasteiger partial charge in [-0.25, -0.2) is 4.98 Å². The maximum absolute atomic E-state index is 11.5. The maximum Gasteiger partial charge on any atom is 0.312 e. The van der Waals surface area contributed by atoms with Crippen LogP contribution in [0.15, 0.2) is 66.7 Å². The van der Waals surface area contributed by atoms with Gasteiger partial charge in [0.05, 0.1) is 4.92 Å². The van der Waals surface area contributed by atoms with Gasteiger partial charge in [0.2, 0.25) is 5.82 Å². The first kappa shape index (κ1) is 16.0. The molecular formula is C18H14ClN3O2. The van der Waals surface area contributed by atoms with Crippen LogP contribution in [0.25, 0.3) is 0 Å². The molecule has 0 amide bonds. The van der Waals surface area contributed by atoms with Crippen molar-refractivity contribution >= 4 is 34.5 Å². The molecule has 3 aromatic rings. The zero-order valence-electron chi connectivity index (χ0n) is 12.9. The Kier molecular flexibility index (Phi) is 4.44. The molecule has 24 heavy (non-hydrogen) atoms. The number of halogens is 1. The molecule has 0 radical (unpaired) electrons. The molecule has 0 fully saturated rings. The van der Waals surface area contributed by atoms with Gasteiger partial charge in [-0.15, -0.1) is 0 Å². The van der Waals surface area contributed by atoms with Crippen LogP contribution in [-0.4, -0.2) is 9.91 Å². The molecule has 0 aliphatic heterocycles. The highest BCUT2D eigenvalue weighted by molar-refractivity contribution is 6.30. The van der Waals surface area contributed by atoms with Crippen LogP contribution >= 0.6 is 11.6 Å². The summed E-state index contributed by atoms with van der Waals surface area (Å²) >= 11 is 6.15. The minimum atomic E-state index is -0.440. The largest absolute Gasteiger partial charge is 0.312 e. The van der Waals surface area contributed by atoms with E-state index in [0.717, 1.165) is 11.4 Å². The zero-order chi connectivity index (χ0) is 17.1. The van der Waals surface area contributed by atoms with Gasteiger partial charge in [-0.2, -0.15) is 0 Å². The van der Waals surface area contributed by atoms with Gasteiger partial charge in [-0.1, -0.05) is 48.0 Å². The lowest BCUT2D eigenvalue weighted by Crippen LogP contribution is -2.14. The first-order valence-corrected chi connectivity index (χ1v) is 7.67. The van der Waals surface area contributed by atoms with E-state index in [1.807, 2.05) is 60.7 Å². The standard InChI is InChI=1S/C18H14ClN3O2/c1-13-12-16(22(23)24)18(20-17(13)19)21(14-8-4-2-5-9-14)15-10-6-3-7-11-15/h2-12H,1H3. The van der Waals surface area contributed by atoms with Gasteiger partial charge >= 0.3 is 5.69 Å². The first-order valence-electron chi connectivity index (χ1n) is 7.29. The number of aryl methyl sites for hydroxylation is 1. The number of pyridine rings is 1. The topological polar surface area (TPSA) is 59.3 Å². The summed E-state index contributed by atoms with van der Waals surface area (Å²) in [5, 5.41) is 11.8. The lowest BCUT2D eigenvalue weighted by atomic mass is 10.2. The van der Waals surface area contributed by atoms with Crippen molar-refractivity contribution in [3.05, 3.63) is 87.6 Å². The molecule has 5 nitrogen and oxygen atoms in total. The normalized spacial score (nSPS) is 10.4. The molecule has 0 saturated heterocycles. The smallest absolute Gasteiger partial charge is 0.289 e. The Labute approximate surface area is 144 Å². The van der Waals surface area contributed by atoms with Crippen molar-refractivity contribution in [3.8, 4) is 0 Å². The van der Waals surface area contributed by atoms with Crippen molar-refractivity contribution in [2.24, 2.45) is 0 Å². The van der Waals surface area contributed by atoms with Crippen molar-refractivity contribution in [1.82, 2.24) is 4.98 Å². The monoisotopic (exact) mass is 339 g/mol. The van der Waals surface area contributed by atoms with Gasteiger partial charge in [-0.05, 0) is 36.8 Å². The van der Waals surface area contributed by atoms with E-state index >= 15 is 0 Å². The molecule has 0 aliphatic carbocycles. The number of nitrogens with zero attached hydrogens (tertiary/aromatic N) is 3. The molecule has 6 heteroatoms. The van der Waals surface area contributed by atoms with Gasteiger partial charge in [0.1, 0.15) is 5.15 Å². The fourth-order valence-electron chi connectivity index (χ4n) is 2.41. The predicted octanol–water partition coefficient (Wildman–Crippen LogP) is 5.42. The summed E-state index contributed by atoms with van der Waals surface area (Å²) in [6, 6.07) is 20.2. The zero-order valence-corrected chi connectivity index (χ0v) is 13.6. The number of benzene rings is 2. The summed E-state index contributed by atoms with van der Waals surface area (Å²) < 4.78 is 0. The lowest BCUT2D eigenvalue weighted by Gasteiger charge is -2.24. The number of hydrogen-bond donors (Lipinski definition) is 0. The summed E-state index contributed by atoms with van der Waals surface area (Å²) in [5.74, 6) is 0.188. The van der Waals surface area contributed by atoms with E-state index in [0.29, 0.717) is 5.56 Å². The summed E-state index contributed by atoms with van der Waals surface area (Å²) in [6.45, 7) is 1.70. The average Bonchev–Trinajstić information content (AvgIpc) is 2.60. The van der Waals surface area contributed by atoms with E-state index in [9.17, 15) is 10.1 Å². The average molecular weight is 340 g/mol. The molecule has 2 aromatic carbocycles. The predicted molar refractivity (Wildman–Crippen MR) is 95.3 cm³/mol. The van der Waals surface area contributed by atoms with Crippen molar-refractivity contribution in [3.63, 3.8) is 0 Å². The Hall–Kier alpha value is -2.92. The minimum absolute atomic E-state index is 0.0930. The Bertz CT molecular complexity index is 831. The van der Waals surface area contributed by atoms with Crippen LogP contribution in [0.1, 0.15) is 5.56 Å². The number of nitro groups is 1. The molecule has 0 aliphatic rings. The quantitative estimate of drug-likeness (QED) is 0.361. The second kappa shape index (κ2) is 6.68. The molecule has 0 saturated carbocycles. The van der Waals surface area contributed by atoms with E-state index in [2.05, 4.69) is 4.98 Å². The Morgan fingerprint density at radius 1 is 1.00 bits per heavy atom. The summed E-state index contributed by atoms with van der Waals surface area (Å²) in [5.41, 5.74) is 2.00. The van der Waals surface area contributed by atoms with E-state index in [4.69, 9.17) is 11.6 Å². The van der Waals surface area contributed by atoms with Gasteiger partial charge in [-0.3, -0.25) is 15.0 Å². The number of para-hydroxylation sites is 2. The van der Waals surface area contributed by atoms with Gasteiger partial charge in [0.25, 0.3) is 0 Å². The van der Waals surface area contributed by atoms with Crippen molar-refractivity contribution in [1.29, 1.82) is 0 Å². The SMILES string of the molecule is Cc1cc([N+](=O)[O-])c(N(c2ccccc2)c2ccccc2)nc1Cl. The number of hydrogen-bond acceptors (Lipinski definition) is 4. The second-order valence-electron chi connectivity index (χ2n) is 5.20. The summed E-state index contributed by atoms with van der Waals surface area (Å²) in [4.78, 5) is 17.1. The highest BCUT2D eigenvalue weighted by Gasteiger charge is 2.25. The molecule has 0 unspecified atom stereocenters. The molecule has 0 bridgehead atoms. The summed E-state index contributed by atoms with van der Waals surface area (Å²) in [7, 11) is 0. The molecule has 1 heterocycles. The van der Waals surface area contributed by atoms with E-state index < -0.39 is 4.92 Å². The third-order valence-electron chi connectivity index (χ3n) is 3.55. The molecule has 0 atom stereocenters. The van der Waals surface area contributed by atoms with Crippen molar-refractivity contribution in [2.45, 2.75) is 6.92 Å². The van der Waals surface area contributed by atoms with Gasteiger partial charge < -0.3 is 0 Å². The third kappa shape index (κ3) is 3.07. The summed E-state index contributed by atoms with van der Waals surface area (Å²) in [6.07, 6.45) is 0. The van der Waals surface area contributed by atoms with Crippen LogP contribution < -0.4 is 4.90 Å². The Morgan fingerprint density at radius 2 is 1.50 bits per heavy atom. The van der Waals surface area contributed by atoms with Crippen molar-refractivity contribution in [2.75, 3.05) is 4.90 Å². The van der Waals surface area contributed by atoms with Crippen LogP contribution in [0.3, 0.4) is 0 Å². The maximum atomic E-state index is 11.5. The van der Waals surface area contributed by atoms with Crippen LogP contribution in [0.2, 0.25) is 5.15 Å². The lowest BCUT2D eigenvalue weighted by molar-refractivity contribution is -0.384. The minimum Gasteiger partial charge on any atom is -0.289 e. The molecule has 1 aromatic heterocycles.